The number of thioether (sulfide) groups is 1. The molecule has 0 fully saturated rings. The zero-order chi connectivity index (χ0) is 11.5. The third-order valence-corrected chi connectivity index (χ3v) is 4.12. The lowest BCUT2D eigenvalue weighted by Crippen LogP contribution is -2.16. The highest BCUT2D eigenvalue weighted by molar-refractivity contribution is 7.99. The minimum Gasteiger partial charge on any atom is -0.392 e. The van der Waals surface area contributed by atoms with E-state index < -0.39 is 0 Å². The summed E-state index contributed by atoms with van der Waals surface area (Å²) in [4.78, 5) is 0. The van der Waals surface area contributed by atoms with Crippen LogP contribution >= 0.6 is 11.8 Å². The molecule has 0 saturated carbocycles. The maximum Gasteiger partial charge on any atom is 0.0633 e. The third kappa shape index (κ3) is 9.25. The van der Waals surface area contributed by atoms with E-state index in [1.54, 1.807) is 0 Å². The Morgan fingerprint density at radius 1 is 1.13 bits per heavy atom. The van der Waals surface area contributed by atoms with Gasteiger partial charge in [-0.3, -0.25) is 0 Å². The summed E-state index contributed by atoms with van der Waals surface area (Å²) in [5.41, 5.74) is 0. The van der Waals surface area contributed by atoms with Crippen molar-refractivity contribution in [2.75, 3.05) is 11.5 Å². The Labute approximate surface area is 100 Å². The van der Waals surface area contributed by atoms with Crippen molar-refractivity contribution in [2.45, 2.75) is 65.4 Å². The van der Waals surface area contributed by atoms with Crippen molar-refractivity contribution in [1.82, 2.24) is 0 Å². The van der Waals surface area contributed by atoms with Crippen LogP contribution in [0.1, 0.15) is 59.3 Å². The molecule has 0 aromatic carbocycles. The molecule has 0 spiro atoms. The second-order valence-electron chi connectivity index (χ2n) is 4.38. The molecule has 0 aromatic rings. The summed E-state index contributed by atoms with van der Waals surface area (Å²) in [6.07, 6.45) is 7.24. The number of aliphatic hydroxyl groups is 1. The van der Waals surface area contributed by atoms with Crippen LogP contribution in [-0.2, 0) is 0 Å². The fraction of sp³-hybridized carbons (Fsp3) is 1.00. The molecule has 0 heterocycles. The van der Waals surface area contributed by atoms with Crippen LogP contribution in [0.3, 0.4) is 0 Å². The Bertz CT molecular complexity index is 128. The lowest BCUT2D eigenvalue weighted by molar-refractivity contribution is 0.159. The van der Waals surface area contributed by atoms with E-state index >= 15 is 0 Å². The third-order valence-electron chi connectivity index (χ3n) is 2.81. The molecule has 1 nitrogen and oxygen atoms in total. The molecule has 2 atom stereocenters. The van der Waals surface area contributed by atoms with Crippen molar-refractivity contribution < 1.29 is 5.11 Å². The van der Waals surface area contributed by atoms with Crippen molar-refractivity contribution in [3.8, 4) is 0 Å². The molecule has 92 valence electrons. The predicted molar refractivity (Wildman–Crippen MR) is 71.5 cm³/mol. The van der Waals surface area contributed by atoms with Gasteiger partial charge in [-0.25, -0.2) is 0 Å². The van der Waals surface area contributed by atoms with Gasteiger partial charge in [0.1, 0.15) is 0 Å². The maximum atomic E-state index is 9.86. The summed E-state index contributed by atoms with van der Waals surface area (Å²) in [5, 5.41) is 9.86. The SMILES string of the molecule is CCCCC(CC)CC(O)CSCCC. The van der Waals surface area contributed by atoms with Gasteiger partial charge in [-0.1, -0.05) is 46.5 Å². The summed E-state index contributed by atoms with van der Waals surface area (Å²) in [6.45, 7) is 6.67. The van der Waals surface area contributed by atoms with Crippen molar-refractivity contribution in [3.63, 3.8) is 0 Å². The van der Waals surface area contributed by atoms with E-state index in [1.165, 1.54) is 37.9 Å². The van der Waals surface area contributed by atoms with E-state index in [-0.39, 0.29) is 6.10 Å². The minimum absolute atomic E-state index is 0.0802. The second kappa shape index (κ2) is 10.8. The molecule has 0 aromatic heterocycles. The van der Waals surface area contributed by atoms with Gasteiger partial charge in [0.2, 0.25) is 0 Å². The molecule has 0 aliphatic heterocycles. The van der Waals surface area contributed by atoms with Gasteiger partial charge in [0, 0.05) is 5.75 Å². The molecule has 2 heteroatoms. The van der Waals surface area contributed by atoms with Gasteiger partial charge in [0.15, 0.2) is 0 Å². The predicted octanol–water partition coefficient (Wildman–Crippen LogP) is 4.10. The van der Waals surface area contributed by atoms with Gasteiger partial charge >= 0.3 is 0 Å². The van der Waals surface area contributed by atoms with Crippen LogP contribution in [0.5, 0.6) is 0 Å². The number of hydrogen-bond acceptors (Lipinski definition) is 2. The summed E-state index contributed by atoms with van der Waals surface area (Å²) >= 11 is 1.89. The normalized spacial score (nSPS) is 15.2. The highest BCUT2D eigenvalue weighted by Crippen LogP contribution is 2.20. The fourth-order valence-corrected chi connectivity index (χ4v) is 2.66. The zero-order valence-electron chi connectivity index (χ0n) is 10.7. The molecule has 0 saturated heterocycles. The first-order chi connectivity index (χ1) is 7.24. The van der Waals surface area contributed by atoms with Crippen molar-refractivity contribution in [3.05, 3.63) is 0 Å². The summed E-state index contributed by atoms with van der Waals surface area (Å²) in [6, 6.07) is 0. The first-order valence-electron chi connectivity index (χ1n) is 6.50. The van der Waals surface area contributed by atoms with Crippen LogP contribution in [0.2, 0.25) is 0 Å². The Morgan fingerprint density at radius 2 is 1.87 bits per heavy atom. The first-order valence-corrected chi connectivity index (χ1v) is 7.65. The van der Waals surface area contributed by atoms with Crippen LogP contribution in [0.4, 0.5) is 0 Å². The largest absolute Gasteiger partial charge is 0.392 e. The maximum absolute atomic E-state index is 9.86. The van der Waals surface area contributed by atoms with Gasteiger partial charge < -0.3 is 5.11 Å². The van der Waals surface area contributed by atoms with Crippen molar-refractivity contribution >= 4 is 11.8 Å². The monoisotopic (exact) mass is 232 g/mol. The molecule has 0 rings (SSSR count). The van der Waals surface area contributed by atoms with Crippen LogP contribution in [-0.4, -0.2) is 22.7 Å². The Kier molecular flexibility index (Phi) is 11.0. The van der Waals surface area contributed by atoms with Crippen LogP contribution in [0.25, 0.3) is 0 Å². The van der Waals surface area contributed by atoms with Gasteiger partial charge in [-0.2, -0.15) is 11.8 Å². The lowest BCUT2D eigenvalue weighted by Gasteiger charge is -2.18. The summed E-state index contributed by atoms with van der Waals surface area (Å²) in [5.74, 6) is 2.85. The smallest absolute Gasteiger partial charge is 0.0633 e. The zero-order valence-corrected chi connectivity index (χ0v) is 11.5. The quantitative estimate of drug-likeness (QED) is 0.572. The van der Waals surface area contributed by atoms with E-state index in [0.29, 0.717) is 0 Å². The van der Waals surface area contributed by atoms with Gasteiger partial charge in [0.25, 0.3) is 0 Å². The molecule has 1 N–H and O–H groups in total. The van der Waals surface area contributed by atoms with E-state index in [9.17, 15) is 5.11 Å². The fourth-order valence-electron chi connectivity index (χ4n) is 1.80. The molecule has 0 aliphatic carbocycles. The second-order valence-corrected chi connectivity index (χ2v) is 5.53. The van der Waals surface area contributed by atoms with Crippen LogP contribution in [0.15, 0.2) is 0 Å². The van der Waals surface area contributed by atoms with Crippen LogP contribution < -0.4 is 0 Å². The topological polar surface area (TPSA) is 20.2 Å². The molecule has 0 aliphatic rings. The molecule has 0 amide bonds. The number of aliphatic hydroxyl groups excluding tert-OH is 1. The highest BCUT2D eigenvalue weighted by Gasteiger charge is 2.12. The Hall–Kier alpha value is 0.310. The van der Waals surface area contributed by atoms with E-state index in [2.05, 4.69) is 20.8 Å². The number of hydrogen-bond donors (Lipinski definition) is 1. The van der Waals surface area contributed by atoms with Crippen molar-refractivity contribution in [2.24, 2.45) is 5.92 Å². The Morgan fingerprint density at radius 3 is 2.40 bits per heavy atom. The number of unbranched alkanes of at least 4 members (excludes halogenated alkanes) is 1. The lowest BCUT2D eigenvalue weighted by atomic mass is 9.94. The highest BCUT2D eigenvalue weighted by atomic mass is 32.2. The van der Waals surface area contributed by atoms with E-state index in [4.69, 9.17) is 0 Å². The minimum atomic E-state index is -0.0802. The first kappa shape index (κ1) is 15.3. The molecule has 2 unspecified atom stereocenters. The van der Waals surface area contributed by atoms with Gasteiger partial charge in [0.05, 0.1) is 6.10 Å². The molecule has 15 heavy (non-hydrogen) atoms. The van der Waals surface area contributed by atoms with Gasteiger partial charge in [-0.15, -0.1) is 0 Å². The van der Waals surface area contributed by atoms with Gasteiger partial charge in [-0.05, 0) is 24.5 Å². The summed E-state index contributed by atoms with van der Waals surface area (Å²) < 4.78 is 0. The standard InChI is InChI=1S/C13H28OS/c1-4-7-8-12(6-3)10-13(14)11-15-9-5-2/h12-14H,4-11H2,1-3H3. The van der Waals surface area contributed by atoms with E-state index in [0.717, 1.165) is 18.1 Å². The van der Waals surface area contributed by atoms with E-state index in [1.807, 2.05) is 11.8 Å². The molecule has 0 bridgehead atoms. The Balaban J connectivity index is 3.55. The average Bonchev–Trinajstić information content (AvgIpc) is 2.24. The molecular formula is C13H28OS. The summed E-state index contributed by atoms with van der Waals surface area (Å²) in [7, 11) is 0. The molecule has 0 radical (unpaired) electrons. The van der Waals surface area contributed by atoms with Crippen molar-refractivity contribution in [1.29, 1.82) is 0 Å². The van der Waals surface area contributed by atoms with Crippen LogP contribution in [0, 0.1) is 5.92 Å². The average molecular weight is 232 g/mol. The molecular weight excluding hydrogens is 204 g/mol. The number of rotatable bonds is 10.